The fourth-order valence-corrected chi connectivity index (χ4v) is 5.87. The molecule has 38 heavy (non-hydrogen) atoms. The summed E-state index contributed by atoms with van der Waals surface area (Å²) in [6, 6.07) is 21.6. The van der Waals surface area contributed by atoms with Crippen molar-refractivity contribution in [1.82, 2.24) is 4.90 Å². The van der Waals surface area contributed by atoms with Crippen LogP contribution < -0.4 is 0 Å². The van der Waals surface area contributed by atoms with Crippen LogP contribution in [0.2, 0.25) is 0 Å². The second-order valence-electron chi connectivity index (χ2n) is 10.7. The first-order chi connectivity index (χ1) is 18.4. The van der Waals surface area contributed by atoms with Crippen molar-refractivity contribution in [3.8, 4) is 0 Å². The molecular formula is C32H36FN2O3+. The van der Waals surface area contributed by atoms with E-state index in [4.69, 9.17) is 4.84 Å². The summed E-state index contributed by atoms with van der Waals surface area (Å²) in [4.78, 5) is 35.4. The summed E-state index contributed by atoms with van der Waals surface area (Å²) in [7, 11) is 0. The summed E-state index contributed by atoms with van der Waals surface area (Å²) in [5.74, 6) is -0.0424. The maximum atomic E-state index is 13.8. The second kappa shape index (κ2) is 11.7. The molecule has 5 rings (SSSR count). The van der Waals surface area contributed by atoms with Gasteiger partial charge in [-0.2, -0.15) is 4.84 Å². The first kappa shape index (κ1) is 26.4. The minimum atomic E-state index is -0.238. The minimum absolute atomic E-state index is 0.0177. The number of halogens is 1. The average molecular weight is 516 g/mol. The zero-order chi connectivity index (χ0) is 26.5. The Morgan fingerprint density at radius 2 is 1.66 bits per heavy atom. The van der Waals surface area contributed by atoms with Gasteiger partial charge in [0.25, 0.3) is 0 Å². The predicted molar refractivity (Wildman–Crippen MR) is 145 cm³/mol. The predicted octanol–water partition coefficient (Wildman–Crippen LogP) is 5.81. The van der Waals surface area contributed by atoms with Crippen LogP contribution in [0.1, 0.15) is 64.2 Å². The van der Waals surface area contributed by atoms with E-state index in [2.05, 4.69) is 4.90 Å². The molecule has 0 aromatic heterocycles. The molecule has 0 radical (unpaired) electrons. The monoisotopic (exact) mass is 515 g/mol. The number of carbonyl (C=O) groups is 2. The van der Waals surface area contributed by atoms with E-state index in [0.29, 0.717) is 30.8 Å². The topological polar surface area (TPSA) is 46.6 Å². The summed E-state index contributed by atoms with van der Waals surface area (Å²) in [6.45, 7) is 5.68. The number of amides is 1. The lowest BCUT2D eigenvalue weighted by atomic mass is 9.87. The minimum Gasteiger partial charge on any atom is -0.291 e. The quantitative estimate of drug-likeness (QED) is 0.280. The maximum absolute atomic E-state index is 13.8. The SMILES string of the molecule is Cc1cc(F)ccc1C1CCC[N+](OCc2ccc(C(=O)c3ccccc3)cc2)(C(=O)CN2CCCC2)C1. The fourth-order valence-electron chi connectivity index (χ4n) is 5.87. The van der Waals surface area contributed by atoms with E-state index in [0.717, 1.165) is 55.5 Å². The van der Waals surface area contributed by atoms with Crippen LogP contribution in [-0.2, 0) is 16.2 Å². The highest BCUT2D eigenvalue weighted by atomic mass is 19.1. The van der Waals surface area contributed by atoms with E-state index in [-0.39, 0.29) is 34.7 Å². The molecule has 2 unspecified atom stereocenters. The highest BCUT2D eigenvalue weighted by Crippen LogP contribution is 2.34. The largest absolute Gasteiger partial charge is 0.359 e. The first-order valence-corrected chi connectivity index (χ1v) is 13.7. The molecule has 198 valence electrons. The number of hydroxylamine groups is 3. The van der Waals surface area contributed by atoms with E-state index in [9.17, 15) is 14.0 Å². The number of benzene rings is 3. The van der Waals surface area contributed by atoms with Crippen LogP contribution in [-0.4, -0.2) is 54.0 Å². The average Bonchev–Trinajstić information content (AvgIpc) is 3.45. The van der Waals surface area contributed by atoms with Crippen LogP contribution in [0.25, 0.3) is 0 Å². The van der Waals surface area contributed by atoms with Gasteiger partial charge in [-0.1, -0.05) is 60.7 Å². The number of hydrogen-bond acceptors (Lipinski definition) is 4. The van der Waals surface area contributed by atoms with Gasteiger partial charge in [0.15, 0.2) is 5.78 Å². The van der Waals surface area contributed by atoms with Crippen LogP contribution in [0.5, 0.6) is 0 Å². The Morgan fingerprint density at radius 1 is 0.947 bits per heavy atom. The third-order valence-electron chi connectivity index (χ3n) is 8.00. The number of likely N-dealkylation sites (tertiary alicyclic amines) is 2. The molecule has 0 N–H and O–H groups in total. The number of ketones is 1. The normalized spacial score (nSPS) is 21.9. The molecule has 3 aromatic rings. The zero-order valence-electron chi connectivity index (χ0n) is 22.1. The molecule has 2 fully saturated rings. The van der Waals surface area contributed by atoms with Crippen molar-refractivity contribution < 1.29 is 23.5 Å². The zero-order valence-corrected chi connectivity index (χ0v) is 22.1. The number of piperidine rings is 1. The molecular weight excluding hydrogens is 479 g/mol. The van der Waals surface area contributed by atoms with Gasteiger partial charge in [-0.15, -0.1) is 4.65 Å². The Balaban J connectivity index is 1.34. The van der Waals surface area contributed by atoms with E-state index in [1.54, 1.807) is 6.07 Å². The van der Waals surface area contributed by atoms with E-state index < -0.39 is 0 Å². The van der Waals surface area contributed by atoms with Crippen molar-refractivity contribution in [3.05, 3.63) is 106 Å². The lowest BCUT2D eigenvalue weighted by molar-refractivity contribution is -1.05. The van der Waals surface area contributed by atoms with E-state index >= 15 is 0 Å². The van der Waals surface area contributed by atoms with E-state index in [1.165, 1.54) is 6.07 Å². The number of carbonyl (C=O) groups excluding carboxylic acids is 2. The summed E-state index contributed by atoms with van der Waals surface area (Å²) >= 11 is 0. The van der Waals surface area contributed by atoms with Crippen molar-refractivity contribution >= 4 is 11.7 Å². The highest BCUT2D eigenvalue weighted by Gasteiger charge is 2.45. The molecule has 0 bridgehead atoms. The maximum Gasteiger partial charge on any atom is 0.359 e. The summed E-state index contributed by atoms with van der Waals surface area (Å²) in [6.07, 6.45) is 4.06. The van der Waals surface area contributed by atoms with Crippen molar-refractivity contribution in [1.29, 1.82) is 0 Å². The number of nitrogens with zero attached hydrogens (tertiary/aromatic N) is 2. The van der Waals surface area contributed by atoms with Crippen molar-refractivity contribution in [3.63, 3.8) is 0 Å². The van der Waals surface area contributed by atoms with Gasteiger partial charge in [-0.25, -0.2) is 9.18 Å². The van der Waals surface area contributed by atoms with Gasteiger partial charge in [-0.05, 0) is 68.1 Å². The molecule has 0 spiro atoms. The standard InChI is InChI=1S/C32H36FN2O3/c1-24-20-29(33)15-16-30(24)28-10-7-19-35(22-28,31(36)21-34-17-5-6-18-34)38-23-25-11-13-27(14-12-25)32(37)26-8-3-2-4-9-26/h2-4,8-9,11-16,20,28H,5-7,10,17-19,21-23H2,1H3/q+1. The number of rotatable bonds is 8. The third-order valence-corrected chi connectivity index (χ3v) is 8.00. The molecule has 2 atom stereocenters. The van der Waals surface area contributed by atoms with Gasteiger partial charge in [0, 0.05) is 23.5 Å². The van der Waals surface area contributed by atoms with Gasteiger partial charge in [0.05, 0.1) is 0 Å². The molecule has 0 saturated carbocycles. The Hall–Kier alpha value is -3.19. The number of hydrogen-bond donors (Lipinski definition) is 0. The fraction of sp³-hybridized carbons (Fsp3) is 0.375. The molecule has 2 saturated heterocycles. The number of aryl methyl sites for hydroxylation is 1. The molecule has 3 aromatic carbocycles. The molecule has 5 nitrogen and oxygen atoms in total. The Kier molecular flexibility index (Phi) is 8.12. The Morgan fingerprint density at radius 3 is 2.37 bits per heavy atom. The van der Waals surface area contributed by atoms with Gasteiger partial charge in [-0.3, -0.25) is 9.69 Å². The van der Waals surface area contributed by atoms with E-state index in [1.807, 2.05) is 67.6 Å². The Bertz CT molecular complexity index is 1270. The van der Waals surface area contributed by atoms with Gasteiger partial charge >= 0.3 is 5.91 Å². The van der Waals surface area contributed by atoms with Crippen molar-refractivity contribution in [2.75, 3.05) is 32.7 Å². The van der Waals surface area contributed by atoms with Crippen LogP contribution in [0.15, 0.2) is 72.8 Å². The van der Waals surface area contributed by atoms with Crippen molar-refractivity contribution in [2.45, 2.75) is 45.1 Å². The summed E-state index contributed by atoms with van der Waals surface area (Å²) in [5.41, 5.74) is 4.21. The van der Waals surface area contributed by atoms with Gasteiger partial charge in [0.1, 0.15) is 32.1 Å². The van der Waals surface area contributed by atoms with Crippen LogP contribution in [0.3, 0.4) is 0 Å². The lowest BCUT2D eigenvalue weighted by Crippen LogP contribution is -2.59. The van der Waals surface area contributed by atoms with Crippen LogP contribution >= 0.6 is 0 Å². The van der Waals surface area contributed by atoms with Crippen LogP contribution in [0.4, 0.5) is 4.39 Å². The van der Waals surface area contributed by atoms with Crippen molar-refractivity contribution in [2.24, 2.45) is 0 Å². The highest BCUT2D eigenvalue weighted by molar-refractivity contribution is 6.08. The Labute approximate surface area is 224 Å². The van der Waals surface area contributed by atoms with Gasteiger partial charge < -0.3 is 0 Å². The molecule has 6 heteroatoms. The second-order valence-corrected chi connectivity index (χ2v) is 10.7. The first-order valence-electron chi connectivity index (χ1n) is 13.7. The summed E-state index contributed by atoms with van der Waals surface area (Å²) in [5, 5.41) is 0. The lowest BCUT2D eigenvalue weighted by Gasteiger charge is -2.40. The number of quaternary nitrogens is 1. The van der Waals surface area contributed by atoms with Gasteiger partial charge in [0.2, 0.25) is 0 Å². The molecule has 2 aliphatic heterocycles. The smallest absolute Gasteiger partial charge is 0.291 e. The molecule has 2 heterocycles. The molecule has 1 amide bonds. The molecule has 2 aliphatic rings. The van der Waals surface area contributed by atoms with Crippen LogP contribution in [0, 0.1) is 12.7 Å². The summed E-state index contributed by atoms with van der Waals surface area (Å²) < 4.78 is 13.8. The molecule has 0 aliphatic carbocycles. The third kappa shape index (κ3) is 5.93.